The second-order valence-corrected chi connectivity index (χ2v) is 10.8. The van der Waals surface area contributed by atoms with Gasteiger partial charge in [0.2, 0.25) is 0 Å². The minimum absolute atomic E-state index is 0.0376. The molecule has 0 radical (unpaired) electrons. The molecule has 1 aliphatic heterocycles. The lowest BCUT2D eigenvalue weighted by molar-refractivity contribution is -0.147. The fourth-order valence-electron chi connectivity index (χ4n) is 5.51. The van der Waals surface area contributed by atoms with Crippen molar-refractivity contribution in [3.63, 3.8) is 0 Å². The Morgan fingerprint density at radius 1 is 1.21 bits per heavy atom. The van der Waals surface area contributed by atoms with Crippen LogP contribution in [0, 0.1) is 11.2 Å². The van der Waals surface area contributed by atoms with E-state index in [-0.39, 0.29) is 29.4 Å². The second kappa shape index (κ2) is 8.27. The monoisotopic (exact) mass is 491 g/mol. The number of halogens is 3. The summed E-state index contributed by atoms with van der Waals surface area (Å²) in [4.78, 5) is 21.9. The Kier molecular flexibility index (Phi) is 5.63. The molecule has 0 unspecified atom stereocenters. The lowest BCUT2D eigenvalue weighted by Crippen LogP contribution is -2.62. The van der Waals surface area contributed by atoms with Crippen molar-refractivity contribution >= 4 is 21.8 Å². The van der Waals surface area contributed by atoms with E-state index in [4.69, 9.17) is 4.74 Å². The van der Waals surface area contributed by atoms with Crippen molar-refractivity contribution in [3.05, 3.63) is 69.1 Å². The zero-order valence-corrected chi connectivity index (χ0v) is 19.6. The maximum Gasteiger partial charge on any atom is 0.266 e. The minimum Gasteiger partial charge on any atom is -0.373 e. The van der Waals surface area contributed by atoms with Gasteiger partial charge in [0, 0.05) is 41.8 Å². The van der Waals surface area contributed by atoms with Gasteiger partial charge in [0.1, 0.15) is 17.8 Å². The van der Waals surface area contributed by atoms with Crippen molar-refractivity contribution in [1.29, 1.82) is 0 Å². The molecule has 6 nitrogen and oxygen atoms in total. The Morgan fingerprint density at radius 2 is 1.94 bits per heavy atom. The van der Waals surface area contributed by atoms with Crippen LogP contribution in [0.3, 0.4) is 0 Å². The van der Waals surface area contributed by atoms with E-state index in [9.17, 15) is 22.2 Å². The first-order valence-corrected chi connectivity index (χ1v) is 12.5. The highest BCUT2D eigenvalue weighted by Gasteiger charge is 2.62. The normalized spacial score (nSPS) is 26.1. The van der Waals surface area contributed by atoms with Gasteiger partial charge in [0.25, 0.3) is 12.0 Å². The number of hydrogen-bond acceptors (Lipinski definition) is 5. The molecule has 2 fully saturated rings. The van der Waals surface area contributed by atoms with Crippen LogP contribution < -0.4 is 5.56 Å². The Morgan fingerprint density at radius 3 is 2.59 bits per heavy atom. The number of alkyl halides is 2. The Labute approximate surface area is 196 Å². The smallest absolute Gasteiger partial charge is 0.266 e. The van der Waals surface area contributed by atoms with Crippen LogP contribution in [-0.4, -0.2) is 37.4 Å². The molecule has 1 saturated carbocycles. The number of hydrogen-bond donors (Lipinski definition) is 0. The first-order valence-electron chi connectivity index (χ1n) is 11.0. The van der Waals surface area contributed by atoms with E-state index in [1.54, 1.807) is 20.2 Å². The summed E-state index contributed by atoms with van der Waals surface area (Å²) in [6, 6.07) is 5.74. The summed E-state index contributed by atoms with van der Waals surface area (Å²) < 4.78 is 59.7. The molecule has 3 aromatic rings. The summed E-state index contributed by atoms with van der Waals surface area (Å²) in [7, 11) is 2.41. The van der Waals surface area contributed by atoms with Gasteiger partial charge < -0.3 is 4.74 Å². The van der Waals surface area contributed by atoms with Gasteiger partial charge in [-0.3, -0.25) is 13.6 Å². The summed E-state index contributed by atoms with van der Waals surface area (Å²) in [6.45, 7) is 0. The molecule has 34 heavy (non-hydrogen) atoms. The summed E-state index contributed by atoms with van der Waals surface area (Å²) in [5, 5.41) is 0.639. The number of rotatable bonds is 6. The lowest BCUT2D eigenvalue weighted by atomic mass is 9.58. The predicted octanol–water partition coefficient (Wildman–Crippen LogP) is 3.57. The van der Waals surface area contributed by atoms with Gasteiger partial charge in [0.15, 0.2) is 0 Å². The van der Waals surface area contributed by atoms with Crippen LogP contribution in [0.4, 0.5) is 13.2 Å². The van der Waals surface area contributed by atoms with Crippen molar-refractivity contribution in [2.75, 3.05) is 18.6 Å². The van der Waals surface area contributed by atoms with Gasteiger partial charge in [0.05, 0.1) is 22.4 Å². The van der Waals surface area contributed by atoms with Crippen molar-refractivity contribution in [1.82, 2.24) is 14.5 Å². The van der Waals surface area contributed by atoms with Crippen molar-refractivity contribution < 1.29 is 22.1 Å². The zero-order chi connectivity index (χ0) is 24.3. The average molecular weight is 492 g/mol. The van der Waals surface area contributed by atoms with Crippen molar-refractivity contribution in [2.24, 2.45) is 12.5 Å². The molecular formula is C24H24F3N3O3S. The molecule has 10 heteroatoms. The molecule has 0 N–H and O–H groups in total. The van der Waals surface area contributed by atoms with Gasteiger partial charge >= 0.3 is 0 Å². The van der Waals surface area contributed by atoms with Crippen LogP contribution in [-0.2, 0) is 41.0 Å². The van der Waals surface area contributed by atoms with Crippen LogP contribution in [0.25, 0.3) is 11.0 Å². The summed E-state index contributed by atoms with van der Waals surface area (Å²) in [6.07, 6.45) is 0.150. The fourth-order valence-corrected chi connectivity index (χ4v) is 7.20. The Bertz CT molecular complexity index is 1360. The second-order valence-electron chi connectivity index (χ2n) is 9.38. The Hall–Kier alpha value is -2.59. The molecule has 2 aliphatic rings. The summed E-state index contributed by atoms with van der Waals surface area (Å²) in [5.41, 5.74) is 0.0665. The number of fused-ring (bicyclic) bond motifs is 1. The standard InChI is InChI=1S/C24H24F3N3O3S/c1-30-21-16(8-17(22(30)31)24(33-2)9-23(10-24)11-34(32)12-23)18(28-13-29-21)7-6-14-4-3-5-15(19(14)25)20(26)27/h3-5,8,13,20H,6-7,9-12H2,1-2H3. The van der Waals surface area contributed by atoms with E-state index in [1.807, 2.05) is 0 Å². The van der Waals surface area contributed by atoms with Gasteiger partial charge in [-0.1, -0.05) is 18.2 Å². The Balaban J connectivity index is 1.51. The van der Waals surface area contributed by atoms with Crippen LogP contribution in [0.15, 0.2) is 35.4 Å². The highest BCUT2D eigenvalue weighted by Crippen LogP contribution is 2.60. The summed E-state index contributed by atoms with van der Waals surface area (Å²) >= 11 is 0. The third-order valence-corrected chi connectivity index (χ3v) is 9.07. The first kappa shape index (κ1) is 23.2. The van der Waals surface area contributed by atoms with E-state index >= 15 is 0 Å². The quantitative estimate of drug-likeness (QED) is 0.527. The SMILES string of the molecule is COC1(c2cc3c(CCc4cccc(C(F)F)c4F)ncnc3n(C)c2=O)CC2(CS(=O)C2)C1. The van der Waals surface area contributed by atoms with E-state index < -0.39 is 34.2 Å². The maximum absolute atomic E-state index is 14.5. The molecule has 0 bridgehead atoms. The first-order chi connectivity index (χ1) is 16.2. The molecule has 5 rings (SSSR count). The highest BCUT2D eigenvalue weighted by molar-refractivity contribution is 7.86. The number of nitrogens with zero attached hydrogens (tertiary/aromatic N) is 3. The zero-order valence-electron chi connectivity index (χ0n) is 18.8. The van der Waals surface area contributed by atoms with Gasteiger partial charge in [-0.2, -0.15) is 0 Å². The van der Waals surface area contributed by atoms with Crippen molar-refractivity contribution in [3.8, 4) is 0 Å². The fraction of sp³-hybridized carbons (Fsp3) is 0.458. The van der Waals surface area contributed by atoms with E-state index in [0.717, 1.165) is 6.07 Å². The number of ether oxygens (including phenoxy) is 1. The third kappa shape index (κ3) is 3.58. The molecular weight excluding hydrogens is 467 g/mol. The third-order valence-electron chi connectivity index (χ3n) is 7.20. The van der Waals surface area contributed by atoms with E-state index in [1.165, 1.54) is 23.0 Å². The van der Waals surface area contributed by atoms with Gasteiger partial charge in [-0.05, 0) is 42.7 Å². The highest BCUT2D eigenvalue weighted by atomic mass is 32.2. The largest absolute Gasteiger partial charge is 0.373 e. The number of benzene rings is 1. The molecule has 1 aliphatic carbocycles. The lowest BCUT2D eigenvalue weighted by Gasteiger charge is -2.59. The van der Waals surface area contributed by atoms with Gasteiger partial charge in [-0.25, -0.2) is 23.1 Å². The minimum atomic E-state index is -2.89. The molecule has 180 valence electrons. The average Bonchev–Trinajstić information content (AvgIpc) is 2.77. The molecule has 0 atom stereocenters. The van der Waals surface area contributed by atoms with Gasteiger partial charge in [-0.15, -0.1) is 0 Å². The van der Waals surface area contributed by atoms with Crippen LogP contribution >= 0.6 is 0 Å². The van der Waals surface area contributed by atoms with Crippen LogP contribution in [0.1, 0.15) is 41.7 Å². The van der Waals surface area contributed by atoms with E-state index in [2.05, 4.69) is 9.97 Å². The molecule has 1 aromatic carbocycles. The number of methoxy groups -OCH3 is 1. The number of aryl methyl sites for hydroxylation is 3. The number of aromatic nitrogens is 3. The topological polar surface area (TPSA) is 74.1 Å². The molecule has 1 spiro atoms. The van der Waals surface area contributed by atoms with Crippen LogP contribution in [0.5, 0.6) is 0 Å². The number of pyridine rings is 1. The molecule has 1 saturated heterocycles. The predicted molar refractivity (Wildman–Crippen MR) is 122 cm³/mol. The van der Waals surface area contributed by atoms with Crippen LogP contribution in [0.2, 0.25) is 0 Å². The molecule has 2 aromatic heterocycles. The summed E-state index contributed by atoms with van der Waals surface area (Å²) in [5.74, 6) is 0.354. The van der Waals surface area contributed by atoms with E-state index in [0.29, 0.717) is 46.6 Å². The van der Waals surface area contributed by atoms with Crippen molar-refractivity contribution in [2.45, 2.75) is 37.7 Å². The maximum atomic E-state index is 14.5. The molecule has 3 heterocycles. The molecule has 0 amide bonds.